The molecule has 0 spiro atoms. The number of aromatic carboxylic acids is 2. The Morgan fingerprint density at radius 3 is 2.61 bits per heavy atom. The third-order valence-corrected chi connectivity index (χ3v) is 6.97. The molecular weight excluding hydrogens is 384 g/mol. The molecule has 2 N–H and O–H groups in total. The summed E-state index contributed by atoms with van der Waals surface area (Å²) >= 11 is 3.48. The summed E-state index contributed by atoms with van der Waals surface area (Å²) in [4.78, 5) is 31.7. The maximum Gasteiger partial charge on any atom is 0.355 e. The summed E-state index contributed by atoms with van der Waals surface area (Å²) < 4.78 is 0.827. The van der Waals surface area contributed by atoms with E-state index in [0.717, 1.165) is 14.5 Å². The van der Waals surface area contributed by atoms with Gasteiger partial charge in [0.15, 0.2) is 5.69 Å². The summed E-state index contributed by atoms with van der Waals surface area (Å²) in [7, 11) is -0.769. The van der Waals surface area contributed by atoms with Gasteiger partial charge >= 0.3 is 11.9 Å². The van der Waals surface area contributed by atoms with Gasteiger partial charge in [0.2, 0.25) is 0 Å². The second kappa shape index (κ2) is 6.13. The molecule has 3 rings (SSSR count). The van der Waals surface area contributed by atoms with Crippen LogP contribution in [0, 0.1) is 0 Å². The molecule has 8 heteroatoms. The molecule has 2 heterocycles. The topological polar surface area (TPSA) is 99.9 Å². The van der Waals surface area contributed by atoms with Crippen LogP contribution >= 0.6 is 26.8 Å². The van der Waals surface area contributed by atoms with Crippen LogP contribution in [0.1, 0.15) is 26.4 Å². The van der Waals surface area contributed by atoms with Crippen LogP contribution in [0.25, 0.3) is 0 Å². The Kier molecular flexibility index (Phi) is 4.18. The van der Waals surface area contributed by atoms with Gasteiger partial charge in [0.05, 0.1) is 11.3 Å². The molecule has 0 saturated carbocycles. The van der Waals surface area contributed by atoms with Gasteiger partial charge in [-0.25, -0.2) is 19.6 Å². The standard InChI is InChI=1S/C15H11BrN2O4S/c16-15-18-10-3-1-2-4-11(10)23(15)7-8-5-9(13(19)20)12(14(21)22)17-6-8/h1-6,23H,7H2,(H,19,20)(H,21,22). The third-order valence-electron chi connectivity index (χ3n) is 3.33. The van der Waals surface area contributed by atoms with Crippen molar-refractivity contribution in [1.82, 2.24) is 4.98 Å². The minimum atomic E-state index is -1.35. The number of para-hydroxylation sites is 1. The largest absolute Gasteiger partial charge is 0.478 e. The molecule has 23 heavy (non-hydrogen) atoms. The van der Waals surface area contributed by atoms with Gasteiger partial charge in [0.1, 0.15) is 3.95 Å². The van der Waals surface area contributed by atoms with Crippen LogP contribution in [0.4, 0.5) is 5.69 Å². The van der Waals surface area contributed by atoms with E-state index in [4.69, 9.17) is 5.11 Å². The summed E-state index contributed by atoms with van der Waals surface area (Å²) in [6.07, 6.45) is 1.42. The van der Waals surface area contributed by atoms with Crippen LogP contribution in [0.2, 0.25) is 0 Å². The monoisotopic (exact) mass is 394 g/mol. The van der Waals surface area contributed by atoms with Gasteiger partial charge in [-0.3, -0.25) is 0 Å². The predicted molar refractivity (Wildman–Crippen MR) is 91.6 cm³/mol. The Balaban J connectivity index is 1.95. The summed E-state index contributed by atoms with van der Waals surface area (Å²) in [6.45, 7) is 0. The number of hydrogen-bond acceptors (Lipinski definition) is 4. The highest BCUT2D eigenvalue weighted by atomic mass is 79.9. The molecule has 2 aromatic rings. The van der Waals surface area contributed by atoms with E-state index < -0.39 is 28.5 Å². The van der Waals surface area contributed by atoms with Crippen molar-refractivity contribution in [2.75, 3.05) is 0 Å². The van der Waals surface area contributed by atoms with Crippen molar-refractivity contribution in [1.29, 1.82) is 0 Å². The minimum Gasteiger partial charge on any atom is -0.478 e. The lowest BCUT2D eigenvalue weighted by Gasteiger charge is -2.16. The highest BCUT2D eigenvalue weighted by Crippen LogP contribution is 2.53. The first-order valence-electron chi connectivity index (χ1n) is 6.53. The van der Waals surface area contributed by atoms with Crippen LogP contribution in [0.15, 0.2) is 46.4 Å². The average Bonchev–Trinajstić information content (AvgIpc) is 2.83. The number of halogens is 1. The lowest BCUT2D eigenvalue weighted by Crippen LogP contribution is -2.11. The number of benzene rings is 1. The number of thiol groups is 1. The van der Waals surface area contributed by atoms with Gasteiger partial charge in [0, 0.05) is 16.8 Å². The van der Waals surface area contributed by atoms with Crippen molar-refractivity contribution in [3.8, 4) is 0 Å². The molecule has 1 aromatic carbocycles. The molecule has 0 amide bonds. The second-order valence-electron chi connectivity index (χ2n) is 4.81. The van der Waals surface area contributed by atoms with Gasteiger partial charge < -0.3 is 10.2 Å². The zero-order chi connectivity index (χ0) is 16.6. The van der Waals surface area contributed by atoms with Crippen molar-refractivity contribution >= 4 is 48.4 Å². The third kappa shape index (κ3) is 2.99. The number of aromatic nitrogens is 1. The molecule has 1 aliphatic rings. The highest BCUT2D eigenvalue weighted by molar-refractivity contribution is 9.22. The first-order valence-corrected chi connectivity index (χ1v) is 8.85. The molecule has 1 atom stereocenters. The van der Waals surface area contributed by atoms with Crippen LogP contribution < -0.4 is 0 Å². The van der Waals surface area contributed by atoms with Gasteiger partial charge in [-0.05, 0) is 39.7 Å². The smallest absolute Gasteiger partial charge is 0.355 e. The molecule has 0 fully saturated rings. The van der Waals surface area contributed by atoms with Crippen molar-refractivity contribution < 1.29 is 19.8 Å². The van der Waals surface area contributed by atoms with Gasteiger partial charge in [0.25, 0.3) is 0 Å². The molecule has 118 valence electrons. The fourth-order valence-electron chi connectivity index (χ4n) is 2.31. The first-order chi connectivity index (χ1) is 11.0. The molecule has 1 aliphatic heterocycles. The summed E-state index contributed by atoms with van der Waals surface area (Å²) in [5, 5.41) is 18.2. The van der Waals surface area contributed by atoms with E-state index in [0.29, 0.717) is 11.3 Å². The summed E-state index contributed by atoms with van der Waals surface area (Å²) in [5.74, 6) is -2.11. The van der Waals surface area contributed by atoms with Crippen molar-refractivity contribution in [2.45, 2.75) is 10.6 Å². The van der Waals surface area contributed by atoms with E-state index in [-0.39, 0.29) is 5.56 Å². The van der Waals surface area contributed by atoms with Crippen molar-refractivity contribution in [3.05, 3.63) is 53.3 Å². The van der Waals surface area contributed by atoms with E-state index in [1.807, 2.05) is 24.3 Å². The minimum absolute atomic E-state index is 0.300. The maximum atomic E-state index is 11.2. The molecule has 0 radical (unpaired) electrons. The molecule has 0 bridgehead atoms. The SMILES string of the molecule is O=C(O)c1cc(C[SH]2C(Br)=Nc3ccccc32)cnc1C(=O)O. The van der Waals surface area contributed by atoms with Crippen LogP contribution in [0.5, 0.6) is 0 Å². The molecule has 0 aliphatic carbocycles. The lowest BCUT2D eigenvalue weighted by atomic mass is 10.1. The summed E-state index contributed by atoms with van der Waals surface area (Å²) in [5.41, 5.74) is 0.820. The Morgan fingerprint density at radius 1 is 1.17 bits per heavy atom. The highest BCUT2D eigenvalue weighted by Gasteiger charge is 2.24. The lowest BCUT2D eigenvalue weighted by molar-refractivity contribution is 0.0646. The number of pyridine rings is 1. The first kappa shape index (κ1) is 15.7. The fraction of sp³-hybridized carbons (Fsp3) is 0.0667. The zero-order valence-electron chi connectivity index (χ0n) is 11.6. The molecule has 1 aromatic heterocycles. The number of carboxylic acid groups (broad SMARTS) is 2. The summed E-state index contributed by atoms with van der Waals surface area (Å²) in [6, 6.07) is 9.14. The maximum absolute atomic E-state index is 11.2. The predicted octanol–water partition coefficient (Wildman–Crippen LogP) is 3.43. The molecule has 0 saturated heterocycles. The zero-order valence-corrected chi connectivity index (χ0v) is 14.1. The average molecular weight is 395 g/mol. The van der Waals surface area contributed by atoms with Gasteiger partial charge in [-0.2, -0.15) is 10.9 Å². The van der Waals surface area contributed by atoms with E-state index in [9.17, 15) is 14.7 Å². The normalized spacial score (nSPS) is 17.4. The quantitative estimate of drug-likeness (QED) is 0.689. The van der Waals surface area contributed by atoms with Gasteiger partial charge in [-0.1, -0.05) is 12.1 Å². The van der Waals surface area contributed by atoms with Crippen LogP contribution in [-0.4, -0.2) is 31.1 Å². The Labute approximate surface area is 142 Å². The number of rotatable bonds is 4. The van der Waals surface area contributed by atoms with E-state index >= 15 is 0 Å². The Hall–Kier alpha value is -2.19. The number of carbonyl (C=O) groups is 2. The van der Waals surface area contributed by atoms with Crippen LogP contribution in [-0.2, 0) is 5.75 Å². The number of hydrogen-bond donors (Lipinski definition) is 3. The van der Waals surface area contributed by atoms with Crippen LogP contribution in [0.3, 0.4) is 0 Å². The molecular formula is C15H11BrN2O4S. The van der Waals surface area contributed by atoms with Crippen molar-refractivity contribution in [3.63, 3.8) is 0 Å². The fourth-order valence-corrected chi connectivity index (χ4v) is 5.38. The number of aliphatic imine (C=N–C) groups is 1. The van der Waals surface area contributed by atoms with E-state index in [2.05, 4.69) is 25.9 Å². The number of fused-ring (bicyclic) bond motifs is 1. The van der Waals surface area contributed by atoms with Gasteiger partial charge in [-0.15, -0.1) is 0 Å². The Morgan fingerprint density at radius 2 is 1.91 bits per heavy atom. The number of carboxylic acids is 2. The second-order valence-corrected chi connectivity index (χ2v) is 8.25. The molecule has 6 nitrogen and oxygen atoms in total. The van der Waals surface area contributed by atoms with Crippen molar-refractivity contribution in [2.24, 2.45) is 4.99 Å². The molecule has 1 unspecified atom stereocenters. The van der Waals surface area contributed by atoms with E-state index in [1.54, 1.807) is 0 Å². The Bertz CT molecular complexity index is 853. The number of nitrogens with zero attached hydrogens (tertiary/aromatic N) is 2. The van der Waals surface area contributed by atoms with E-state index in [1.165, 1.54) is 12.3 Å².